The Morgan fingerprint density at radius 2 is 2.12 bits per heavy atom. The molecule has 0 heterocycles. The molecule has 2 nitrogen and oxygen atoms in total. The molecule has 1 saturated carbocycles. The number of carboxylic acids is 1. The molecule has 1 aromatic carbocycles. The van der Waals surface area contributed by atoms with E-state index < -0.39 is 5.97 Å². The average Bonchev–Trinajstić information content (AvgIpc) is 2.66. The van der Waals surface area contributed by atoms with Crippen LogP contribution in [0.3, 0.4) is 0 Å². The van der Waals surface area contributed by atoms with E-state index in [1.165, 1.54) is 5.56 Å². The molecule has 1 aliphatic rings. The molecule has 3 heteroatoms. The third-order valence-electron chi connectivity index (χ3n) is 3.35. The molecule has 1 aromatic rings. The molecule has 0 spiro atoms. The van der Waals surface area contributed by atoms with Crippen molar-refractivity contribution >= 4 is 17.6 Å². The van der Waals surface area contributed by atoms with Gasteiger partial charge in [0, 0.05) is 11.4 Å². The molecular formula is C13H15ClO2. The van der Waals surface area contributed by atoms with Crippen molar-refractivity contribution in [2.45, 2.75) is 31.6 Å². The maximum atomic E-state index is 10.6. The lowest BCUT2D eigenvalue weighted by atomic mass is 9.95. The molecule has 2 rings (SSSR count). The summed E-state index contributed by atoms with van der Waals surface area (Å²) in [7, 11) is 0. The SMILES string of the molecule is O=C(O)CC1CCC(c2ccccc2Cl)C1. The highest BCUT2D eigenvalue weighted by Gasteiger charge is 2.28. The first-order chi connectivity index (χ1) is 7.66. The molecule has 1 fully saturated rings. The van der Waals surface area contributed by atoms with E-state index in [9.17, 15) is 4.79 Å². The fourth-order valence-electron chi connectivity index (χ4n) is 2.60. The largest absolute Gasteiger partial charge is 0.481 e. The van der Waals surface area contributed by atoms with Gasteiger partial charge in [0.15, 0.2) is 0 Å². The molecule has 86 valence electrons. The highest BCUT2D eigenvalue weighted by Crippen LogP contribution is 2.41. The summed E-state index contributed by atoms with van der Waals surface area (Å²) in [6.45, 7) is 0. The van der Waals surface area contributed by atoms with Crippen molar-refractivity contribution in [1.82, 2.24) is 0 Å². The van der Waals surface area contributed by atoms with Crippen LogP contribution in [0.25, 0.3) is 0 Å². The van der Waals surface area contributed by atoms with Crippen LogP contribution in [-0.2, 0) is 4.79 Å². The lowest BCUT2D eigenvalue weighted by molar-refractivity contribution is -0.138. The Morgan fingerprint density at radius 1 is 1.38 bits per heavy atom. The first kappa shape index (κ1) is 11.5. The third-order valence-corrected chi connectivity index (χ3v) is 3.69. The van der Waals surface area contributed by atoms with Crippen LogP contribution in [0.5, 0.6) is 0 Å². The van der Waals surface area contributed by atoms with Crippen molar-refractivity contribution < 1.29 is 9.90 Å². The Kier molecular flexibility index (Phi) is 3.49. The van der Waals surface area contributed by atoms with Gasteiger partial charge in [-0.2, -0.15) is 0 Å². The molecule has 0 aliphatic heterocycles. The van der Waals surface area contributed by atoms with Crippen LogP contribution in [-0.4, -0.2) is 11.1 Å². The van der Waals surface area contributed by atoms with Crippen LogP contribution in [0.4, 0.5) is 0 Å². The van der Waals surface area contributed by atoms with Crippen molar-refractivity contribution in [2.75, 3.05) is 0 Å². The lowest BCUT2D eigenvalue weighted by Crippen LogP contribution is -2.04. The van der Waals surface area contributed by atoms with Gasteiger partial charge >= 0.3 is 5.97 Å². The first-order valence-corrected chi connectivity index (χ1v) is 6.01. The smallest absolute Gasteiger partial charge is 0.303 e. The standard InChI is InChI=1S/C13H15ClO2/c14-12-4-2-1-3-11(12)10-6-5-9(7-10)8-13(15)16/h1-4,9-10H,5-8H2,(H,15,16). The van der Waals surface area contributed by atoms with Gasteiger partial charge in [0.1, 0.15) is 0 Å². The van der Waals surface area contributed by atoms with E-state index in [1.54, 1.807) is 0 Å². The minimum Gasteiger partial charge on any atom is -0.481 e. The van der Waals surface area contributed by atoms with Gasteiger partial charge in [0.2, 0.25) is 0 Å². The lowest BCUT2D eigenvalue weighted by Gasteiger charge is -2.12. The average molecular weight is 239 g/mol. The monoisotopic (exact) mass is 238 g/mol. The number of carboxylic acid groups (broad SMARTS) is 1. The van der Waals surface area contributed by atoms with Crippen molar-refractivity contribution in [1.29, 1.82) is 0 Å². The number of hydrogen-bond donors (Lipinski definition) is 1. The fraction of sp³-hybridized carbons (Fsp3) is 0.462. The predicted molar refractivity (Wildman–Crippen MR) is 63.8 cm³/mol. The number of benzene rings is 1. The molecule has 0 saturated heterocycles. The fourth-order valence-corrected chi connectivity index (χ4v) is 2.89. The first-order valence-electron chi connectivity index (χ1n) is 5.63. The molecule has 0 aromatic heterocycles. The van der Waals surface area contributed by atoms with Gasteiger partial charge in [0.25, 0.3) is 0 Å². The zero-order valence-corrected chi connectivity index (χ0v) is 9.78. The van der Waals surface area contributed by atoms with Gasteiger partial charge in [-0.15, -0.1) is 0 Å². The highest BCUT2D eigenvalue weighted by molar-refractivity contribution is 6.31. The van der Waals surface area contributed by atoms with E-state index in [0.29, 0.717) is 18.3 Å². The molecule has 0 bridgehead atoms. The quantitative estimate of drug-likeness (QED) is 0.872. The van der Waals surface area contributed by atoms with Gasteiger partial charge in [-0.25, -0.2) is 0 Å². The zero-order valence-electron chi connectivity index (χ0n) is 9.03. The van der Waals surface area contributed by atoms with Crippen LogP contribution < -0.4 is 0 Å². The summed E-state index contributed by atoms with van der Waals surface area (Å²) in [5.41, 5.74) is 1.18. The molecule has 2 unspecified atom stereocenters. The van der Waals surface area contributed by atoms with Gasteiger partial charge in [0.05, 0.1) is 0 Å². The Labute approximate surface area is 100 Å². The van der Waals surface area contributed by atoms with E-state index in [4.69, 9.17) is 16.7 Å². The topological polar surface area (TPSA) is 37.3 Å². The second kappa shape index (κ2) is 4.88. The van der Waals surface area contributed by atoms with Crippen LogP contribution in [0.2, 0.25) is 5.02 Å². The Hall–Kier alpha value is -1.02. The summed E-state index contributed by atoms with van der Waals surface area (Å²) in [5, 5.41) is 9.57. The molecule has 16 heavy (non-hydrogen) atoms. The number of rotatable bonds is 3. The van der Waals surface area contributed by atoms with Gasteiger partial charge in [-0.1, -0.05) is 29.8 Å². The number of carbonyl (C=O) groups is 1. The Bertz CT molecular complexity index is 389. The number of aliphatic carboxylic acids is 1. The van der Waals surface area contributed by atoms with E-state index in [2.05, 4.69) is 6.07 Å². The second-order valence-corrected chi connectivity index (χ2v) is 4.90. The number of hydrogen-bond acceptors (Lipinski definition) is 1. The third kappa shape index (κ3) is 2.56. The van der Waals surface area contributed by atoms with E-state index in [0.717, 1.165) is 24.3 Å². The van der Waals surface area contributed by atoms with Crippen molar-refractivity contribution in [3.05, 3.63) is 34.9 Å². The summed E-state index contributed by atoms with van der Waals surface area (Å²) in [6.07, 6.45) is 3.31. The molecule has 1 N–H and O–H groups in total. The highest BCUT2D eigenvalue weighted by atomic mass is 35.5. The molecule has 1 aliphatic carbocycles. The van der Waals surface area contributed by atoms with Crippen LogP contribution in [0, 0.1) is 5.92 Å². The van der Waals surface area contributed by atoms with Crippen molar-refractivity contribution in [2.24, 2.45) is 5.92 Å². The maximum Gasteiger partial charge on any atom is 0.303 e. The van der Waals surface area contributed by atoms with Gasteiger partial charge in [-0.3, -0.25) is 4.79 Å². The summed E-state index contributed by atoms with van der Waals surface area (Å²) >= 11 is 6.14. The van der Waals surface area contributed by atoms with E-state index in [1.807, 2.05) is 18.2 Å². The summed E-state index contributed by atoms with van der Waals surface area (Å²) in [5.74, 6) is 0.0710. The molecule has 0 amide bonds. The minimum absolute atomic E-state index is 0.293. The summed E-state index contributed by atoms with van der Waals surface area (Å²) < 4.78 is 0. The normalized spacial score (nSPS) is 24.6. The molecular weight excluding hydrogens is 224 g/mol. The maximum absolute atomic E-state index is 10.6. The van der Waals surface area contributed by atoms with Crippen LogP contribution in [0.1, 0.15) is 37.2 Å². The minimum atomic E-state index is -0.690. The zero-order chi connectivity index (χ0) is 11.5. The molecule has 2 atom stereocenters. The van der Waals surface area contributed by atoms with Crippen LogP contribution in [0.15, 0.2) is 24.3 Å². The van der Waals surface area contributed by atoms with Gasteiger partial charge in [-0.05, 0) is 42.7 Å². The molecule has 0 radical (unpaired) electrons. The Morgan fingerprint density at radius 3 is 2.81 bits per heavy atom. The van der Waals surface area contributed by atoms with E-state index >= 15 is 0 Å². The second-order valence-electron chi connectivity index (χ2n) is 4.50. The van der Waals surface area contributed by atoms with Crippen LogP contribution >= 0.6 is 11.6 Å². The number of halogens is 1. The van der Waals surface area contributed by atoms with Gasteiger partial charge < -0.3 is 5.11 Å². The van der Waals surface area contributed by atoms with Crippen molar-refractivity contribution in [3.63, 3.8) is 0 Å². The summed E-state index contributed by atoms with van der Waals surface area (Å²) in [6, 6.07) is 7.87. The summed E-state index contributed by atoms with van der Waals surface area (Å²) in [4.78, 5) is 10.6. The van der Waals surface area contributed by atoms with Crippen molar-refractivity contribution in [3.8, 4) is 0 Å². The predicted octanol–water partition coefficient (Wildman–Crippen LogP) is 3.70. The van der Waals surface area contributed by atoms with E-state index in [-0.39, 0.29) is 0 Å². The Balaban J connectivity index is 2.04.